The van der Waals surface area contributed by atoms with E-state index >= 15 is 0 Å². The van der Waals surface area contributed by atoms with Crippen molar-refractivity contribution in [3.63, 3.8) is 0 Å². The molecule has 0 amide bonds. The van der Waals surface area contributed by atoms with Gasteiger partial charge in [0.2, 0.25) is 0 Å². The highest BCUT2D eigenvalue weighted by atomic mass is 35.5. The van der Waals surface area contributed by atoms with Crippen LogP contribution in [0.5, 0.6) is 0 Å². The Balaban J connectivity index is 1.50. The number of carbonyl (C=O) groups is 1. The number of fused-ring (bicyclic) bond motifs is 2. The van der Waals surface area contributed by atoms with Crippen LogP contribution >= 0.6 is 34.5 Å². The summed E-state index contributed by atoms with van der Waals surface area (Å²) in [5.74, 6) is -0.478. The molecule has 1 aliphatic rings. The lowest BCUT2D eigenvalue weighted by Gasteiger charge is -2.25. The van der Waals surface area contributed by atoms with E-state index in [0.717, 1.165) is 33.3 Å². The molecule has 10 heteroatoms. The minimum absolute atomic E-state index is 0.220. The molecule has 7 nitrogen and oxygen atoms in total. The molecule has 0 saturated carbocycles. The average molecular weight is 646 g/mol. The molecule has 0 fully saturated rings. The third-order valence-corrected chi connectivity index (χ3v) is 9.27. The number of carbonyl (C=O) groups excluding carboxylic acids is 1. The molecule has 0 saturated heterocycles. The fourth-order valence-corrected chi connectivity index (χ4v) is 7.06. The van der Waals surface area contributed by atoms with Gasteiger partial charge < -0.3 is 14.2 Å². The predicted molar refractivity (Wildman–Crippen MR) is 179 cm³/mol. The van der Waals surface area contributed by atoms with Gasteiger partial charge in [0.15, 0.2) is 4.80 Å². The molecule has 44 heavy (non-hydrogen) atoms. The maximum Gasteiger partial charge on any atom is 0.338 e. The smallest absolute Gasteiger partial charge is 0.338 e. The molecule has 224 valence electrons. The van der Waals surface area contributed by atoms with Crippen LogP contribution in [0.4, 0.5) is 5.69 Å². The van der Waals surface area contributed by atoms with Gasteiger partial charge in [0, 0.05) is 59.0 Å². The van der Waals surface area contributed by atoms with Gasteiger partial charge in [-0.05, 0) is 61.4 Å². The van der Waals surface area contributed by atoms with Gasteiger partial charge in [-0.15, -0.1) is 0 Å². The van der Waals surface area contributed by atoms with E-state index in [4.69, 9.17) is 32.9 Å². The van der Waals surface area contributed by atoms with Crippen molar-refractivity contribution in [2.45, 2.75) is 26.4 Å². The molecule has 0 spiro atoms. The molecule has 0 radical (unpaired) electrons. The molecule has 0 unspecified atom stereocenters. The summed E-state index contributed by atoms with van der Waals surface area (Å²) in [6.07, 6.45) is 3.93. The first kappa shape index (κ1) is 29.9. The zero-order valence-electron chi connectivity index (χ0n) is 24.7. The summed E-state index contributed by atoms with van der Waals surface area (Å²) in [7, 11) is 3.93. The van der Waals surface area contributed by atoms with Gasteiger partial charge in [0.05, 0.1) is 28.5 Å². The van der Waals surface area contributed by atoms with E-state index in [1.165, 1.54) is 11.3 Å². The van der Waals surface area contributed by atoms with Crippen molar-refractivity contribution in [1.82, 2.24) is 9.13 Å². The largest absolute Gasteiger partial charge is 0.463 e. The molecule has 0 aliphatic carbocycles. The number of hydrogen-bond donors (Lipinski definition) is 0. The average Bonchev–Trinajstić information content (AvgIpc) is 3.50. The molecule has 1 aliphatic heterocycles. The van der Waals surface area contributed by atoms with Crippen LogP contribution in [0, 0.1) is 0 Å². The summed E-state index contributed by atoms with van der Waals surface area (Å²) in [5.41, 5.74) is 5.33. The Morgan fingerprint density at radius 2 is 1.84 bits per heavy atom. The molecule has 0 bridgehead atoms. The zero-order chi connectivity index (χ0) is 31.1. The lowest BCUT2D eigenvalue weighted by molar-refractivity contribution is -0.139. The highest BCUT2D eigenvalue weighted by molar-refractivity contribution is 7.07. The molecular weight excluding hydrogens is 615 g/mol. The Kier molecular flexibility index (Phi) is 8.24. The van der Waals surface area contributed by atoms with E-state index in [9.17, 15) is 9.59 Å². The van der Waals surface area contributed by atoms with Gasteiger partial charge >= 0.3 is 5.97 Å². The van der Waals surface area contributed by atoms with Gasteiger partial charge in [0.25, 0.3) is 5.56 Å². The Labute approximate surface area is 268 Å². The van der Waals surface area contributed by atoms with Gasteiger partial charge in [-0.2, -0.15) is 0 Å². The third kappa shape index (κ3) is 5.49. The minimum Gasteiger partial charge on any atom is -0.463 e. The maximum atomic E-state index is 14.2. The van der Waals surface area contributed by atoms with Crippen molar-refractivity contribution in [1.29, 1.82) is 0 Å². The SMILES string of the molecule is CCOC(=O)C1=C(C)N=c2s/c(=C\c3cn(Cc4ccc(Cl)cc4Cl)c4ccccc34)c(=O)n2[C@@H]1c1ccc(N(C)C)cc1. The van der Waals surface area contributed by atoms with E-state index in [2.05, 4.69) is 4.57 Å². The van der Waals surface area contributed by atoms with E-state index in [-0.39, 0.29) is 12.2 Å². The maximum absolute atomic E-state index is 14.2. The predicted octanol–water partition coefficient (Wildman–Crippen LogP) is 6.17. The zero-order valence-corrected chi connectivity index (χ0v) is 27.0. The second-order valence-corrected chi connectivity index (χ2v) is 12.6. The van der Waals surface area contributed by atoms with Crippen molar-refractivity contribution >= 4 is 63.2 Å². The molecule has 2 aromatic heterocycles. The highest BCUT2D eigenvalue weighted by Crippen LogP contribution is 2.32. The van der Waals surface area contributed by atoms with Gasteiger partial charge in [-0.25, -0.2) is 9.79 Å². The first-order valence-corrected chi connectivity index (χ1v) is 15.7. The Bertz CT molecular complexity index is 2120. The fraction of sp³-hybridized carbons (Fsp3) is 0.206. The van der Waals surface area contributed by atoms with Crippen LogP contribution in [0.25, 0.3) is 17.0 Å². The summed E-state index contributed by atoms with van der Waals surface area (Å²) >= 11 is 13.9. The normalized spacial score (nSPS) is 15.0. The lowest BCUT2D eigenvalue weighted by atomic mass is 9.95. The topological polar surface area (TPSA) is 68.8 Å². The highest BCUT2D eigenvalue weighted by Gasteiger charge is 2.33. The van der Waals surface area contributed by atoms with Crippen LogP contribution in [0.2, 0.25) is 10.0 Å². The Morgan fingerprint density at radius 1 is 1.09 bits per heavy atom. The minimum atomic E-state index is -0.669. The fourth-order valence-electron chi connectivity index (χ4n) is 5.56. The van der Waals surface area contributed by atoms with Crippen molar-refractivity contribution in [2.75, 3.05) is 25.6 Å². The first-order chi connectivity index (χ1) is 21.2. The van der Waals surface area contributed by atoms with E-state index in [1.54, 1.807) is 24.5 Å². The van der Waals surface area contributed by atoms with Crippen LogP contribution in [0.15, 0.2) is 94.0 Å². The second kappa shape index (κ2) is 12.1. The number of rotatable bonds is 7. The van der Waals surface area contributed by atoms with E-state index < -0.39 is 12.0 Å². The number of allylic oxidation sites excluding steroid dienone is 1. The van der Waals surface area contributed by atoms with Crippen molar-refractivity contribution < 1.29 is 9.53 Å². The van der Waals surface area contributed by atoms with Crippen LogP contribution in [-0.2, 0) is 16.1 Å². The molecule has 3 aromatic carbocycles. The van der Waals surface area contributed by atoms with Crippen LogP contribution < -0.4 is 19.8 Å². The van der Waals surface area contributed by atoms with Crippen molar-refractivity contribution in [3.05, 3.63) is 131 Å². The van der Waals surface area contributed by atoms with Crippen LogP contribution in [-0.4, -0.2) is 35.8 Å². The summed E-state index contributed by atoms with van der Waals surface area (Å²) in [6, 6.07) is 20.7. The standard InChI is InChI=1S/C34H30Cl2N4O3S/c1-5-43-33(42)30-20(2)37-34-40(31(30)21-11-14-25(15-12-21)38(3)4)32(41)29(44-34)16-23-19-39(28-9-7-6-8-26(23)28)18-22-10-13-24(35)17-27(22)36/h6-17,19,31H,5,18H2,1-4H3/b29-16-/t31-/m1/s1. The Hall–Kier alpha value is -4.11. The number of benzene rings is 3. The number of halogens is 2. The summed E-state index contributed by atoms with van der Waals surface area (Å²) in [6.45, 7) is 4.32. The number of para-hydroxylation sites is 1. The van der Waals surface area contributed by atoms with Gasteiger partial charge in [0.1, 0.15) is 0 Å². The molecule has 5 aromatic rings. The van der Waals surface area contributed by atoms with E-state index in [1.807, 2.05) is 91.9 Å². The number of anilines is 1. The van der Waals surface area contributed by atoms with Gasteiger partial charge in [-0.1, -0.05) is 70.9 Å². The van der Waals surface area contributed by atoms with Crippen molar-refractivity contribution in [3.8, 4) is 0 Å². The Morgan fingerprint density at radius 3 is 2.55 bits per heavy atom. The number of aromatic nitrogens is 2. The third-order valence-electron chi connectivity index (χ3n) is 7.70. The number of nitrogens with zero attached hydrogens (tertiary/aromatic N) is 4. The first-order valence-electron chi connectivity index (χ1n) is 14.1. The number of ether oxygens (including phenoxy) is 1. The number of thiazole rings is 1. The summed E-state index contributed by atoms with van der Waals surface area (Å²) < 4.78 is 9.69. The second-order valence-electron chi connectivity index (χ2n) is 10.8. The van der Waals surface area contributed by atoms with Gasteiger partial charge in [-0.3, -0.25) is 9.36 Å². The molecule has 1 atom stereocenters. The summed E-state index contributed by atoms with van der Waals surface area (Å²) in [4.78, 5) is 34.7. The number of hydrogen-bond acceptors (Lipinski definition) is 6. The monoisotopic (exact) mass is 644 g/mol. The quantitative estimate of drug-likeness (QED) is 0.199. The van der Waals surface area contributed by atoms with Crippen molar-refractivity contribution in [2.24, 2.45) is 4.99 Å². The number of esters is 1. The van der Waals surface area contributed by atoms with E-state index in [0.29, 0.717) is 37.2 Å². The molecule has 3 heterocycles. The molecule has 6 rings (SSSR count). The van der Waals surface area contributed by atoms with Crippen LogP contribution in [0.3, 0.4) is 0 Å². The summed E-state index contributed by atoms with van der Waals surface area (Å²) in [5, 5.41) is 2.18. The lowest BCUT2D eigenvalue weighted by Crippen LogP contribution is -2.39. The molecule has 0 N–H and O–H groups in total. The van der Waals surface area contributed by atoms with Crippen LogP contribution in [0.1, 0.15) is 36.6 Å². The molecular formula is C34H30Cl2N4O3S.